The van der Waals surface area contributed by atoms with Crippen molar-refractivity contribution in [3.05, 3.63) is 34.2 Å². The van der Waals surface area contributed by atoms with E-state index in [1.54, 1.807) is 6.92 Å². The molecule has 0 fully saturated rings. The SMILES string of the molecule is CC[C@H](C)[C@H](NC(=O)c1cc[nH]c(=O)c1)C(=O)O. The van der Waals surface area contributed by atoms with Gasteiger partial charge in [0, 0.05) is 17.8 Å². The van der Waals surface area contributed by atoms with E-state index < -0.39 is 23.5 Å². The zero-order chi connectivity index (χ0) is 13.7. The van der Waals surface area contributed by atoms with Crippen molar-refractivity contribution in [3.8, 4) is 0 Å². The van der Waals surface area contributed by atoms with Crippen LogP contribution in [0.15, 0.2) is 23.1 Å². The maximum absolute atomic E-state index is 11.8. The number of hydrogen-bond donors (Lipinski definition) is 3. The molecule has 3 N–H and O–H groups in total. The fourth-order valence-corrected chi connectivity index (χ4v) is 1.49. The van der Waals surface area contributed by atoms with Crippen LogP contribution in [0.1, 0.15) is 30.6 Å². The van der Waals surface area contributed by atoms with E-state index in [1.165, 1.54) is 12.3 Å². The molecular formula is C12H16N2O4. The summed E-state index contributed by atoms with van der Waals surface area (Å²) < 4.78 is 0. The molecule has 0 saturated heterocycles. The summed E-state index contributed by atoms with van der Waals surface area (Å²) in [5.74, 6) is -1.83. The molecule has 6 heteroatoms. The average Bonchev–Trinajstić information content (AvgIpc) is 2.34. The van der Waals surface area contributed by atoms with Gasteiger partial charge in [-0.3, -0.25) is 9.59 Å². The molecule has 98 valence electrons. The van der Waals surface area contributed by atoms with Gasteiger partial charge in [-0.25, -0.2) is 4.79 Å². The lowest BCUT2D eigenvalue weighted by molar-refractivity contribution is -0.140. The zero-order valence-electron chi connectivity index (χ0n) is 10.3. The fraction of sp³-hybridized carbons (Fsp3) is 0.417. The Morgan fingerprint density at radius 1 is 1.50 bits per heavy atom. The molecule has 0 aromatic carbocycles. The van der Waals surface area contributed by atoms with Crippen LogP contribution in [-0.4, -0.2) is 28.0 Å². The number of carboxylic acids is 1. The molecule has 1 aromatic rings. The largest absolute Gasteiger partial charge is 0.480 e. The highest BCUT2D eigenvalue weighted by atomic mass is 16.4. The number of H-pyrrole nitrogens is 1. The number of aliphatic carboxylic acids is 1. The lowest BCUT2D eigenvalue weighted by Gasteiger charge is -2.19. The van der Waals surface area contributed by atoms with Gasteiger partial charge in [0.15, 0.2) is 0 Å². The van der Waals surface area contributed by atoms with Crippen LogP contribution in [0.3, 0.4) is 0 Å². The number of aromatic nitrogens is 1. The summed E-state index contributed by atoms with van der Waals surface area (Å²) in [7, 11) is 0. The second-order valence-corrected chi connectivity index (χ2v) is 4.12. The first kappa shape index (κ1) is 14.0. The van der Waals surface area contributed by atoms with Gasteiger partial charge in [0.25, 0.3) is 5.91 Å². The Balaban J connectivity index is 2.85. The molecule has 2 atom stereocenters. The molecule has 0 saturated carbocycles. The van der Waals surface area contributed by atoms with Crippen LogP contribution in [-0.2, 0) is 4.79 Å². The molecule has 18 heavy (non-hydrogen) atoms. The average molecular weight is 252 g/mol. The monoisotopic (exact) mass is 252 g/mol. The van der Waals surface area contributed by atoms with Crippen LogP contribution in [0, 0.1) is 5.92 Å². The van der Waals surface area contributed by atoms with E-state index in [-0.39, 0.29) is 11.5 Å². The summed E-state index contributed by atoms with van der Waals surface area (Å²) in [4.78, 5) is 36.3. The number of carbonyl (C=O) groups is 2. The van der Waals surface area contributed by atoms with Gasteiger partial charge in [-0.1, -0.05) is 20.3 Å². The Bertz CT molecular complexity index is 495. The minimum atomic E-state index is -1.08. The minimum absolute atomic E-state index is 0.147. The van der Waals surface area contributed by atoms with Gasteiger partial charge >= 0.3 is 5.97 Å². The van der Waals surface area contributed by atoms with Gasteiger partial charge in [0.1, 0.15) is 6.04 Å². The van der Waals surface area contributed by atoms with Crippen molar-refractivity contribution in [1.82, 2.24) is 10.3 Å². The van der Waals surface area contributed by atoms with Gasteiger partial charge in [-0.2, -0.15) is 0 Å². The minimum Gasteiger partial charge on any atom is -0.480 e. The summed E-state index contributed by atoms with van der Waals surface area (Å²) in [6, 6.07) is 1.60. The second-order valence-electron chi connectivity index (χ2n) is 4.12. The third-order valence-corrected chi connectivity index (χ3v) is 2.80. The van der Waals surface area contributed by atoms with Crippen LogP contribution in [0.2, 0.25) is 0 Å². The van der Waals surface area contributed by atoms with Crippen molar-refractivity contribution in [3.63, 3.8) is 0 Å². The smallest absolute Gasteiger partial charge is 0.326 e. The molecule has 1 amide bonds. The molecule has 0 radical (unpaired) electrons. The molecule has 6 nitrogen and oxygen atoms in total. The number of nitrogens with one attached hydrogen (secondary N) is 2. The maximum atomic E-state index is 11.8. The first-order valence-electron chi connectivity index (χ1n) is 5.68. The lowest BCUT2D eigenvalue weighted by atomic mass is 9.99. The highest BCUT2D eigenvalue weighted by Crippen LogP contribution is 2.08. The zero-order valence-corrected chi connectivity index (χ0v) is 10.3. The quantitative estimate of drug-likeness (QED) is 0.714. The van der Waals surface area contributed by atoms with Crippen LogP contribution < -0.4 is 10.9 Å². The van der Waals surface area contributed by atoms with Crippen molar-refractivity contribution >= 4 is 11.9 Å². The summed E-state index contributed by atoms with van der Waals surface area (Å²) in [5, 5.41) is 11.5. The second kappa shape index (κ2) is 6.00. The molecule has 0 spiro atoms. The standard InChI is InChI=1S/C12H16N2O4/c1-3-7(2)10(12(17)18)14-11(16)8-4-5-13-9(15)6-8/h4-7,10H,3H2,1-2H3,(H,13,15)(H,14,16)(H,17,18)/t7-,10-/m0/s1. The van der Waals surface area contributed by atoms with Crippen molar-refractivity contribution in [2.75, 3.05) is 0 Å². The van der Waals surface area contributed by atoms with E-state index in [9.17, 15) is 14.4 Å². The number of rotatable bonds is 5. The van der Waals surface area contributed by atoms with Gasteiger partial charge < -0.3 is 15.4 Å². The number of amides is 1. The predicted molar refractivity (Wildman–Crippen MR) is 65.4 cm³/mol. The van der Waals surface area contributed by atoms with Crippen molar-refractivity contribution < 1.29 is 14.7 Å². The van der Waals surface area contributed by atoms with Crippen molar-refractivity contribution in [1.29, 1.82) is 0 Å². The lowest BCUT2D eigenvalue weighted by Crippen LogP contribution is -2.45. The van der Waals surface area contributed by atoms with Gasteiger partial charge in [0.05, 0.1) is 0 Å². The van der Waals surface area contributed by atoms with Gasteiger partial charge in [-0.05, 0) is 12.0 Å². The van der Waals surface area contributed by atoms with Crippen LogP contribution >= 0.6 is 0 Å². The Morgan fingerprint density at radius 3 is 2.67 bits per heavy atom. The Hall–Kier alpha value is -2.11. The van der Waals surface area contributed by atoms with Crippen LogP contribution in [0.4, 0.5) is 0 Å². The van der Waals surface area contributed by atoms with E-state index in [0.717, 1.165) is 6.07 Å². The third-order valence-electron chi connectivity index (χ3n) is 2.80. The summed E-state index contributed by atoms with van der Waals surface area (Å²) in [5.41, 5.74) is -0.258. The molecule has 0 bridgehead atoms. The first-order chi connectivity index (χ1) is 8.45. The molecule has 1 heterocycles. The van der Waals surface area contributed by atoms with Gasteiger partial charge in [-0.15, -0.1) is 0 Å². The molecule has 0 unspecified atom stereocenters. The molecule has 1 rings (SSSR count). The first-order valence-corrected chi connectivity index (χ1v) is 5.68. The van der Waals surface area contributed by atoms with E-state index >= 15 is 0 Å². The van der Waals surface area contributed by atoms with Crippen molar-refractivity contribution in [2.45, 2.75) is 26.3 Å². The topological polar surface area (TPSA) is 99.3 Å². The molecule has 0 aliphatic carbocycles. The van der Waals surface area contributed by atoms with Crippen molar-refractivity contribution in [2.24, 2.45) is 5.92 Å². The maximum Gasteiger partial charge on any atom is 0.326 e. The Labute approximate surface area is 104 Å². The molecule has 0 aliphatic heterocycles. The molecular weight excluding hydrogens is 236 g/mol. The summed E-state index contributed by atoms with van der Waals surface area (Å²) >= 11 is 0. The predicted octanol–water partition coefficient (Wildman–Crippen LogP) is 0.604. The van der Waals surface area contributed by atoms with E-state index in [1.807, 2.05) is 6.92 Å². The highest BCUT2D eigenvalue weighted by molar-refractivity contribution is 5.96. The van der Waals surface area contributed by atoms with Gasteiger partial charge in [0.2, 0.25) is 5.56 Å². The molecule has 1 aromatic heterocycles. The fourth-order valence-electron chi connectivity index (χ4n) is 1.49. The number of carboxylic acid groups (broad SMARTS) is 1. The Kier molecular flexibility index (Phi) is 4.65. The highest BCUT2D eigenvalue weighted by Gasteiger charge is 2.25. The normalized spacial score (nSPS) is 13.7. The summed E-state index contributed by atoms with van der Waals surface area (Å²) in [6.07, 6.45) is 1.98. The van der Waals surface area contributed by atoms with E-state index in [2.05, 4.69) is 10.3 Å². The van der Waals surface area contributed by atoms with E-state index in [0.29, 0.717) is 6.42 Å². The third kappa shape index (κ3) is 3.44. The number of carbonyl (C=O) groups excluding carboxylic acids is 1. The number of pyridine rings is 1. The number of hydrogen-bond acceptors (Lipinski definition) is 3. The van der Waals surface area contributed by atoms with Crippen LogP contribution in [0.25, 0.3) is 0 Å². The number of aromatic amines is 1. The summed E-state index contributed by atoms with van der Waals surface area (Å²) in [6.45, 7) is 3.59. The van der Waals surface area contributed by atoms with E-state index in [4.69, 9.17) is 5.11 Å². The Morgan fingerprint density at radius 2 is 2.17 bits per heavy atom. The van der Waals surface area contributed by atoms with Crippen LogP contribution in [0.5, 0.6) is 0 Å². The molecule has 0 aliphatic rings.